The van der Waals surface area contributed by atoms with Crippen molar-refractivity contribution in [3.63, 3.8) is 0 Å². The predicted molar refractivity (Wildman–Crippen MR) is 77.3 cm³/mol. The minimum Gasteiger partial charge on any atom is -0.293 e. The first-order valence-electron chi connectivity index (χ1n) is 6.36. The van der Waals surface area contributed by atoms with E-state index >= 15 is 0 Å². The van der Waals surface area contributed by atoms with Gasteiger partial charge in [0.15, 0.2) is 5.78 Å². The largest absolute Gasteiger partial charge is 0.293 e. The number of rotatable bonds is 2. The number of nitrogens with zero attached hydrogens (tertiary/aromatic N) is 1. The summed E-state index contributed by atoms with van der Waals surface area (Å²) in [6, 6.07) is 4.90. The number of anilines is 1. The molecular formula is C15H16ClNO3. The molecule has 20 heavy (non-hydrogen) atoms. The van der Waals surface area contributed by atoms with E-state index in [-0.39, 0.29) is 17.6 Å². The van der Waals surface area contributed by atoms with Gasteiger partial charge in [0.05, 0.1) is 16.5 Å². The van der Waals surface area contributed by atoms with Crippen molar-refractivity contribution in [3.05, 3.63) is 29.3 Å². The molecule has 1 aromatic rings. The molecule has 0 N–H and O–H groups in total. The third-order valence-corrected chi connectivity index (χ3v) is 3.81. The molecule has 4 nitrogen and oxygen atoms in total. The molecule has 1 aliphatic heterocycles. The molecular weight excluding hydrogens is 278 g/mol. The molecule has 0 fully saturated rings. The average Bonchev–Trinajstić information content (AvgIpc) is 2.56. The van der Waals surface area contributed by atoms with Gasteiger partial charge in [-0.25, -0.2) is 4.90 Å². The number of Topliss-reactive ketones (excluding diaryl/α,β-unsaturated/α-hetero) is 1. The number of ketones is 1. The van der Waals surface area contributed by atoms with Gasteiger partial charge in [0.2, 0.25) is 11.8 Å². The normalized spacial score (nSPS) is 17.9. The van der Waals surface area contributed by atoms with E-state index in [1.54, 1.807) is 39.0 Å². The Morgan fingerprint density at radius 3 is 2.40 bits per heavy atom. The van der Waals surface area contributed by atoms with E-state index in [1.165, 1.54) is 6.92 Å². The summed E-state index contributed by atoms with van der Waals surface area (Å²) in [4.78, 5) is 37.1. The summed E-state index contributed by atoms with van der Waals surface area (Å²) in [7, 11) is 0. The highest BCUT2D eigenvalue weighted by molar-refractivity contribution is 6.33. The van der Waals surface area contributed by atoms with Crippen LogP contribution in [-0.4, -0.2) is 23.0 Å². The van der Waals surface area contributed by atoms with Crippen LogP contribution in [0.25, 0.3) is 0 Å². The number of hydrogen-bond donors (Lipinski definition) is 0. The average molecular weight is 294 g/mol. The van der Waals surface area contributed by atoms with Gasteiger partial charge >= 0.3 is 0 Å². The van der Waals surface area contributed by atoms with Crippen LogP contribution in [0.5, 0.6) is 0 Å². The Morgan fingerprint density at radius 1 is 1.30 bits per heavy atom. The van der Waals surface area contributed by atoms with E-state index in [4.69, 9.17) is 11.6 Å². The zero-order valence-corrected chi connectivity index (χ0v) is 12.6. The summed E-state index contributed by atoms with van der Waals surface area (Å²) in [5.74, 6) is -0.797. The van der Waals surface area contributed by atoms with Crippen molar-refractivity contribution in [3.8, 4) is 0 Å². The summed E-state index contributed by atoms with van der Waals surface area (Å²) in [6.45, 7) is 6.45. The maximum absolute atomic E-state index is 12.3. The van der Waals surface area contributed by atoms with E-state index in [0.717, 1.165) is 4.90 Å². The standard InChI is InChI=1S/C15H16ClNO3/c1-8(16)13(19)10-5-6-12-11(7-10)15(3,4)14(20)17(12)9(2)18/h5-8H,1-4H3. The van der Waals surface area contributed by atoms with Crippen LogP contribution in [0.4, 0.5) is 5.69 Å². The first kappa shape index (κ1) is 14.7. The number of halogens is 1. The third-order valence-electron chi connectivity index (χ3n) is 3.61. The minimum absolute atomic E-state index is 0.195. The summed E-state index contributed by atoms with van der Waals surface area (Å²) in [6.07, 6.45) is 0. The van der Waals surface area contributed by atoms with Gasteiger partial charge in [0.1, 0.15) is 0 Å². The van der Waals surface area contributed by atoms with Gasteiger partial charge in [-0.05, 0) is 44.5 Å². The van der Waals surface area contributed by atoms with Crippen LogP contribution in [0.15, 0.2) is 18.2 Å². The molecule has 1 unspecified atom stereocenters. The number of benzene rings is 1. The highest BCUT2D eigenvalue weighted by Gasteiger charge is 2.45. The van der Waals surface area contributed by atoms with Gasteiger partial charge in [0.25, 0.3) is 0 Å². The maximum Gasteiger partial charge on any atom is 0.243 e. The molecule has 1 atom stereocenters. The number of amides is 2. The molecule has 5 heteroatoms. The molecule has 2 amide bonds. The number of imide groups is 1. The number of fused-ring (bicyclic) bond motifs is 1. The van der Waals surface area contributed by atoms with Crippen molar-refractivity contribution in [2.75, 3.05) is 4.90 Å². The lowest BCUT2D eigenvalue weighted by Gasteiger charge is -2.17. The van der Waals surface area contributed by atoms with Crippen LogP contribution < -0.4 is 4.90 Å². The maximum atomic E-state index is 12.3. The van der Waals surface area contributed by atoms with Crippen molar-refractivity contribution >= 4 is 34.9 Å². The first-order valence-corrected chi connectivity index (χ1v) is 6.79. The van der Waals surface area contributed by atoms with Gasteiger partial charge in [-0.3, -0.25) is 14.4 Å². The van der Waals surface area contributed by atoms with Crippen LogP contribution in [0.1, 0.15) is 43.6 Å². The van der Waals surface area contributed by atoms with Crippen molar-refractivity contribution < 1.29 is 14.4 Å². The molecule has 0 aromatic heterocycles. The van der Waals surface area contributed by atoms with Crippen LogP contribution in [0.2, 0.25) is 0 Å². The highest BCUT2D eigenvalue weighted by Crippen LogP contribution is 2.42. The molecule has 0 aliphatic carbocycles. The van der Waals surface area contributed by atoms with Gasteiger partial charge in [0, 0.05) is 12.5 Å². The first-order chi connectivity index (χ1) is 9.17. The fourth-order valence-corrected chi connectivity index (χ4v) is 2.56. The lowest BCUT2D eigenvalue weighted by Crippen LogP contribution is -2.38. The summed E-state index contributed by atoms with van der Waals surface area (Å²) < 4.78 is 0. The van der Waals surface area contributed by atoms with Crippen molar-refractivity contribution in [1.29, 1.82) is 0 Å². The zero-order valence-electron chi connectivity index (χ0n) is 11.9. The zero-order chi connectivity index (χ0) is 15.2. The van der Waals surface area contributed by atoms with E-state index < -0.39 is 10.8 Å². The fourth-order valence-electron chi connectivity index (χ4n) is 2.43. The van der Waals surface area contributed by atoms with Crippen molar-refractivity contribution in [2.45, 2.75) is 38.5 Å². The molecule has 1 aromatic carbocycles. The number of carbonyl (C=O) groups excluding carboxylic acids is 3. The highest BCUT2D eigenvalue weighted by atomic mass is 35.5. The quantitative estimate of drug-likeness (QED) is 0.622. The smallest absolute Gasteiger partial charge is 0.243 e. The van der Waals surface area contributed by atoms with Crippen LogP contribution >= 0.6 is 11.6 Å². The molecule has 0 saturated heterocycles. The second kappa shape index (κ2) is 4.70. The third kappa shape index (κ3) is 2.04. The Hall–Kier alpha value is -1.68. The molecule has 1 aliphatic rings. The summed E-state index contributed by atoms with van der Waals surface area (Å²) in [5, 5.41) is -0.628. The predicted octanol–water partition coefficient (Wildman–Crippen LogP) is 2.67. The van der Waals surface area contributed by atoms with Gasteiger partial charge in [-0.2, -0.15) is 0 Å². The monoisotopic (exact) mass is 293 g/mol. The molecule has 0 radical (unpaired) electrons. The summed E-state index contributed by atoms with van der Waals surface area (Å²) >= 11 is 5.81. The van der Waals surface area contributed by atoms with Crippen molar-refractivity contribution in [1.82, 2.24) is 0 Å². The van der Waals surface area contributed by atoms with E-state index in [9.17, 15) is 14.4 Å². The van der Waals surface area contributed by atoms with Gasteiger partial charge in [-0.1, -0.05) is 0 Å². The number of carbonyl (C=O) groups is 3. The number of alkyl halides is 1. The van der Waals surface area contributed by atoms with Crippen LogP contribution in [0.3, 0.4) is 0 Å². The lowest BCUT2D eigenvalue weighted by atomic mass is 9.85. The second-order valence-electron chi connectivity index (χ2n) is 5.50. The van der Waals surface area contributed by atoms with Gasteiger partial charge in [-0.15, -0.1) is 11.6 Å². The van der Waals surface area contributed by atoms with Crippen LogP contribution in [-0.2, 0) is 15.0 Å². The molecule has 2 rings (SSSR count). The Kier molecular flexibility index (Phi) is 3.46. The van der Waals surface area contributed by atoms with Crippen molar-refractivity contribution in [2.24, 2.45) is 0 Å². The minimum atomic E-state index is -0.827. The molecule has 0 spiro atoms. The Morgan fingerprint density at radius 2 is 1.90 bits per heavy atom. The van der Waals surface area contributed by atoms with E-state index in [1.807, 2.05) is 0 Å². The fraction of sp³-hybridized carbons (Fsp3) is 0.400. The molecule has 0 bridgehead atoms. The number of hydrogen-bond acceptors (Lipinski definition) is 3. The Labute approximate surface area is 122 Å². The topological polar surface area (TPSA) is 54.5 Å². The Balaban J connectivity index is 2.60. The molecule has 106 valence electrons. The van der Waals surface area contributed by atoms with E-state index in [0.29, 0.717) is 16.8 Å². The molecule has 1 heterocycles. The summed E-state index contributed by atoms with van der Waals surface area (Å²) in [5.41, 5.74) is 0.858. The van der Waals surface area contributed by atoms with Crippen LogP contribution in [0, 0.1) is 0 Å². The van der Waals surface area contributed by atoms with Gasteiger partial charge < -0.3 is 0 Å². The molecule has 0 saturated carbocycles. The second-order valence-corrected chi connectivity index (χ2v) is 6.15. The Bertz CT molecular complexity index is 620. The lowest BCUT2D eigenvalue weighted by molar-refractivity contribution is -0.127. The van der Waals surface area contributed by atoms with E-state index in [2.05, 4.69) is 0 Å². The SMILES string of the molecule is CC(=O)N1C(=O)C(C)(C)c2cc(C(=O)C(C)Cl)ccc21.